The predicted octanol–water partition coefficient (Wildman–Crippen LogP) is 2.43. The SMILES string of the molecule is [2H]C([2H])([2H])N(CC(C=C)CC)S(=O)(=O)c1ccc([N+](=O)[O-])cc1. The largest absolute Gasteiger partial charge is 0.269 e. The first-order valence-corrected chi connectivity index (χ1v) is 7.38. The maximum absolute atomic E-state index is 12.6. The maximum atomic E-state index is 12.6. The first-order chi connectivity index (χ1) is 10.5. The topological polar surface area (TPSA) is 80.5 Å². The van der Waals surface area contributed by atoms with Crippen molar-refractivity contribution in [2.24, 2.45) is 5.92 Å². The zero-order valence-electron chi connectivity index (χ0n) is 14.0. The zero-order chi connectivity index (χ0) is 17.8. The second kappa shape index (κ2) is 6.62. The van der Waals surface area contributed by atoms with E-state index in [0.29, 0.717) is 10.7 Å². The minimum Gasteiger partial charge on any atom is -0.258 e. The van der Waals surface area contributed by atoms with E-state index in [1.807, 2.05) is 0 Å². The van der Waals surface area contributed by atoms with Gasteiger partial charge in [-0.2, -0.15) is 0 Å². The zero-order valence-corrected chi connectivity index (χ0v) is 11.8. The van der Waals surface area contributed by atoms with Crippen LogP contribution >= 0.6 is 0 Å². The van der Waals surface area contributed by atoms with E-state index >= 15 is 0 Å². The number of hydrogen-bond donors (Lipinski definition) is 0. The van der Waals surface area contributed by atoms with Crippen LogP contribution < -0.4 is 0 Å². The van der Waals surface area contributed by atoms with E-state index in [9.17, 15) is 18.5 Å². The van der Waals surface area contributed by atoms with Crippen molar-refractivity contribution >= 4 is 15.7 Å². The molecule has 0 bridgehead atoms. The Bertz CT molecular complexity index is 671. The van der Waals surface area contributed by atoms with E-state index in [1.165, 1.54) is 6.08 Å². The quantitative estimate of drug-likeness (QED) is 0.440. The van der Waals surface area contributed by atoms with Gasteiger partial charge in [0.15, 0.2) is 0 Å². The molecule has 0 fully saturated rings. The van der Waals surface area contributed by atoms with Gasteiger partial charge in [-0.1, -0.05) is 13.0 Å². The molecular formula is C13H18N2O4S. The number of rotatable bonds is 7. The van der Waals surface area contributed by atoms with Crippen molar-refractivity contribution < 1.29 is 17.5 Å². The Balaban J connectivity index is 3.27. The molecule has 0 saturated carbocycles. The van der Waals surface area contributed by atoms with Gasteiger partial charge in [0.05, 0.1) is 9.82 Å². The highest BCUT2D eigenvalue weighted by Crippen LogP contribution is 2.20. The van der Waals surface area contributed by atoms with Crippen LogP contribution in [-0.4, -0.2) is 31.2 Å². The third-order valence-electron chi connectivity index (χ3n) is 2.89. The molecule has 0 heterocycles. The van der Waals surface area contributed by atoms with Gasteiger partial charge in [0.25, 0.3) is 5.69 Å². The summed E-state index contributed by atoms with van der Waals surface area (Å²) in [7, 11) is -4.32. The number of non-ortho nitro benzene ring substituents is 1. The Morgan fingerprint density at radius 3 is 2.50 bits per heavy atom. The molecular weight excluding hydrogens is 280 g/mol. The summed E-state index contributed by atoms with van der Waals surface area (Å²) in [6.45, 7) is 2.26. The molecule has 0 saturated heterocycles. The van der Waals surface area contributed by atoms with Crippen molar-refractivity contribution in [3.63, 3.8) is 0 Å². The van der Waals surface area contributed by atoms with E-state index in [-0.39, 0.29) is 23.0 Å². The molecule has 1 aromatic rings. The van der Waals surface area contributed by atoms with Crippen LogP contribution in [0.4, 0.5) is 5.69 Å². The molecule has 0 amide bonds. The lowest BCUT2D eigenvalue weighted by Gasteiger charge is -2.20. The van der Waals surface area contributed by atoms with Crippen molar-refractivity contribution in [1.29, 1.82) is 0 Å². The van der Waals surface area contributed by atoms with Crippen molar-refractivity contribution in [2.45, 2.75) is 18.2 Å². The first-order valence-electron chi connectivity index (χ1n) is 7.44. The van der Waals surface area contributed by atoms with Crippen molar-refractivity contribution in [3.8, 4) is 0 Å². The molecule has 1 rings (SSSR count). The minimum atomic E-state index is -4.32. The smallest absolute Gasteiger partial charge is 0.258 e. The summed E-state index contributed by atoms with van der Waals surface area (Å²) in [6.07, 6.45) is 2.04. The van der Waals surface area contributed by atoms with Crippen LogP contribution in [0.5, 0.6) is 0 Å². The Morgan fingerprint density at radius 2 is 2.10 bits per heavy atom. The Hall–Kier alpha value is -1.73. The van der Waals surface area contributed by atoms with Crippen LogP contribution in [0, 0.1) is 16.0 Å². The lowest BCUT2D eigenvalue weighted by atomic mass is 10.1. The summed E-state index contributed by atoms with van der Waals surface area (Å²) in [6, 6.07) is 4.10. The molecule has 0 spiro atoms. The standard InChI is InChI=1S/C13H18N2O4S/c1-4-11(5-2)10-14(3)20(18,19)13-8-6-12(7-9-13)15(16)17/h4,6-9,11H,1,5,10H2,2-3H3/i3D3. The van der Waals surface area contributed by atoms with Gasteiger partial charge in [-0.3, -0.25) is 10.1 Å². The van der Waals surface area contributed by atoms with E-state index in [2.05, 4.69) is 6.58 Å². The lowest BCUT2D eigenvalue weighted by Crippen LogP contribution is -2.31. The Morgan fingerprint density at radius 1 is 1.50 bits per heavy atom. The van der Waals surface area contributed by atoms with Gasteiger partial charge in [-0.25, -0.2) is 12.7 Å². The van der Waals surface area contributed by atoms with Crippen LogP contribution in [0.25, 0.3) is 0 Å². The van der Waals surface area contributed by atoms with Crippen LogP contribution in [0.1, 0.15) is 17.5 Å². The van der Waals surface area contributed by atoms with Crippen LogP contribution in [-0.2, 0) is 10.0 Å². The summed E-state index contributed by atoms with van der Waals surface area (Å²) < 4.78 is 48.1. The van der Waals surface area contributed by atoms with Gasteiger partial charge >= 0.3 is 0 Å². The van der Waals surface area contributed by atoms with Gasteiger partial charge in [-0.05, 0) is 24.5 Å². The minimum absolute atomic E-state index is 0.240. The molecule has 0 radical (unpaired) electrons. The average Bonchev–Trinajstić information content (AvgIpc) is 2.46. The summed E-state index contributed by atoms with van der Waals surface area (Å²) >= 11 is 0. The summed E-state index contributed by atoms with van der Waals surface area (Å²) in [4.78, 5) is 9.65. The molecule has 110 valence electrons. The van der Waals surface area contributed by atoms with E-state index in [1.54, 1.807) is 6.92 Å². The fourth-order valence-electron chi connectivity index (χ4n) is 1.55. The summed E-state index contributed by atoms with van der Waals surface area (Å²) in [5.74, 6) is -0.316. The molecule has 0 N–H and O–H groups in total. The number of nitro benzene ring substituents is 1. The number of nitrogens with zero attached hydrogens (tertiary/aromatic N) is 2. The molecule has 1 unspecified atom stereocenters. The molecule has 7 heteroatoms. The second-order valence-electron chi connectivity index (χ2n) is 4.19. The molecule has 0 aliphatic carbocycles. The van der Waals surface area contributed by atoms with Crippen LogP contribution in [0.15, 0.2) is 41.8 Å². The van der Waals surface area contributed by atoms with Crippen molar-refractivity contribution in [1.82, 2.24) is 4.31 Å². The molecule has 0 aliphatic rings. The molecule has 1 atom stereocenters. The Kier molecular flexibility index (Phi) is 3.99. The molecule has 20 heavy (non-hydrogen) atoms. The van der Waals surface area contributed by atoms with Crippen molar-refractivity contribution in [3.05, 3.63) is 47.0 Å². The highest BCUT2D eigenvalue weighted by molar-refractivity contribution is 7.89. The molecule has 6 nitrogen and oxygen atoms in total. The molecule has 0 aromatic heterocycles. The van der Waals surface area contributed by atoms with Gasteiger partial charge in [0.2, 0.25) is 10.0 Å². The number of benzene rings is 1. The molecule has 0 aliphatic heterocycles. The molecule has 1 aromatic carbocycles. The van der Waals surface area contributed by atoms with E-state index < -0.39 is 21.9 Å². The predicted molar refractivity (Wildman–Crippen MR) is 76.9 cm³/mol. The van der Waals surface area contributed by atoms with E-state index in [0.717, 1.165) is 24.3 Å². The lowest BCUT2D eigenvalue weighted by molar-refractivity contribution is -0.384. The third-order valence-corrected chi connectivity index (χ3v) is 4.49. The normalized spacial score (nSPS) is 16.0. The van der Waals surface area contributed by atoms with Crippen LogP contribution in [0.2, 0.25) is 0 Å². The van der Waals surface area contributed by atoms with Crippen LogP contribution in [0.3, 0.4) is 0 Å². The van der Waals surface area contributed by atoms with Gasteiger partial charge < -0.3 is 0 Å². The monoisotopic (exact) mass is 301 g/mol. The van der Waals surface area contributed by atoms with E-state index in [4.69, 9.17) is 4.11 Å². The van der Waals surface area contributed by atoms with Gasteiger partial charge in [0, 0.05) is 29.8 Å². The first kappa shape index (κ1) is 12.0. The third kappa shape index (κ3) is 3.64. The second-order valence-corrected chi connectivity index (χ2v) is 6.05. The van der Waals surface area contributed by atoms with Crippen molar-refractivity contribution in [2.75, 3.05) is 13.5 Å². The van der Waals surface area contributed by atoms with Gasteiger partial charge in [0.1, 0.15) is 0 Å². The Labute approximate surface area is 123 Å². The maximum Gasteiger partial charge on any atom is 0.269 e. The number of nitro groups is 1. The average molecular weight is 301 g/mol. The number of hydrogen-bond acceptors (Lipinski definition) is 4. The van der Waals surface area contributed by atoms with Gasteiger partial charge in [-0.15, -0.1) is 6.58 Å². The summed E-state index contributed by atoms with van der Waals surface area (Å²) in [5, 5.41) is 10.6. The highest BCUT2D eigenvalue weighted by atomic mass is 32.2. The number of sulfonamides is 1. The highest BCUT2D eigenvalue weighted by Gasteiger charge is 2.23. The fraction of sp³-hybridized carbons (Fsp3) is 0.385. The fourth-order valence-corrected chi connectivity index (χ4v) is 2.67. The summed E-state index contributed by atoms with van der Waals surface area (Å²) in [5.41, 5.74) is -0.276.